The van der Waals surface area contributed by atoms with E-state index in [1.807, 2.05) is 32.0 Å². The fourth-order valence-electron chi connectivity index (χ4n) is 3.91. The van der Waals surface area contributed by atoms with Crippen LogP contribution >= 0.6 is 0 Å². The van der Waals surface area contributed by atoms with Crippen molar-refractivity contribution in [1.82, 2.24) is 15.3 Å². The summed E-state index contributed by atoms with van der Waals surface area (Å²) in [6.07, 6.45) is 1.41. The summed E-state index contributed by atoms with van der Waals surface area (Å²) in [5.41, 5.74) is 2.59. The Balaban J connectivity index is 1.60. The van der Waals surface area contributed by atoms with E-state index >= 15 is 0 Å². The van der Waals surface area contributed by atoms with Crippen LogP contribution in [-0.2, 0) is 4.74 Å². The van der Waals surface area contributed by atoms with Crippen molar-refractivity contribution in [3.63, 3.8) is 0 Å². The zero-order valence-corrected chi connectivity index (χ0v) is 18.0. The van der Waals surface area contributed by atoms with Crippen LogP contribution in [0.15, 0.2) is 42.5 Å². The van der Waals surface area contributed by atoms with Gasteiger partial charge >= 0.3 is 6.09 Å². The number of nitrogens with zero attached hydrogens (tertiary/aromatic N) is 3. The average Bonchev–Trinajstić information content (AvgIpc) is 3.24. The predicted molar refractivity (Wildman–Crippen MR) is 121 cm³/mol. The van der Waals surface area contributed by atoms with E-state index in [2.05, 4.69) is 22.3 Å². The lowest BCUT2D eigenvalue weighted by Crippen LogP contribution is -2.31. The fraction of sp³-hybridized carbons (Fsp3) is 0.375. The molecule has 0 spiro atoms. The largest absolute Gasteiger partial charge is 0.507 e. The van der Waals surface area contributed by atoms with E-state index in [9.17, 15) is 9.90 Å². The van der Waals surface area contributed by atoms with Gasteiger partial charge in [-0.1, -0.05) is 25.1 Å². The molecular weight excluding hydrogens is 392 g/mol. The van der Waals surface area contributed by atoms with Crippen molar-refractivity contribution in [3.05, 3.63) is 48.0 Å². The minimum Gasteiger partial charge on any atom is -0.507 e. The molecule has 31 heavy (non-hydrogen) atoms. The van der Waals surface area contributed by atoms with Gasteiger partial charge in [0.15, 0.2) is 5.82 Å². The van der Waals surface area contributed by atoms with Gasteiger partial charge in [0.1, 0.15) is 11.6 Å². The second kappa shape index (κ2) is 9.20. The van der Waals surface area contributed by atoms with Crippen LogP contribution in [0, 0.1) is 12.8 Å². The highest BCUT2D eigenvalue weighted by Gasteiger charge is 2.26. The number of aryl methyl sites for hydroxylation is 1. The number of carbonyl (C=O) groups is 1. The number of para-hydroxylation sites is 1. The molecule has 2 aromatic carbocycles. The molecule has 0 radical (unpaired) electrons. The van der Waals surface area contributed by atoms with Crippen molar-refractivity contribution in [2.45, 2.75) is 26.7 Å². The number of nitrogens with one attached hydrogen (secondary N) is 1. The Hall–Kier alpha value is -3.35. The van der Waals surface area contributed by atoms with Gasteiger partial charge in [-0.15, -0.1) is 0 Å². The zero-order chi connectivity index (χ0) is 21.8. The van der Waals surface area contributed by atoms with Crippen molar-refractivity contribution in [2.75, 3.05) is 31.1 Å². The van der Waals surface area contributed by atoms with Crippen LogP contribution in [0.4, 0.5) is 10.6 Å². The van der Waals surface area contributed by atoms with Gasteiger partial charge < -0.3 is 20.1 Å². The summed E-state index contributed by atoms with van der Waals surface area (Å²) in [6.45, 7) is 6.65. The number of carbonyl (C=O) groups excluding carboxylic acids is 1. The fourth-order valence-corrected chi connectivity index (χ4v) is 3.91. The van der Waals surface area contributed by atoms with Crippen molar-refractivity contribution in [3.8, 4) is 17.1 Å². The number of amides is 1. The van der Waals surface area contributed by atoms with Gasteiger partial charge in [0.05, 0.1) is 17.7 Å². The molecule has 0 bridgehead atoms. The summed E-state index contributed by atoms with van der Waals surface area (Å²) in [6, 6.07) is 13.3. The predicted octanol–water partition coefficient (Wildman–Crippen LogP) is 4.27. The third-order valence-corrected chi connectivity index (χ3v) is 5.53. The Morgan fingerprint density at radius 2 is 2.10 bits per heavy atom. The lowest BCUT2D eigenvalue weighted by atomic mass is 10.1. The molecule has 1 aliphatic heterocycles. The number of phenolic OH excluding ortho intramolecular Hbond substituents is 1. The number of aromatic hydroxyl groups is 1. The van der Waals surface area contributed by atoms with Crippen molar-refractivity contribution in [2.24, 2.45) is 5.92 Å². The molecule has 1 atom stereocenters. The highest BCUT2D eigenvalue weighted by Crippen LogP contribution is 2.33. The normalized spacial score (nSPS) is 15.9. The van der Waals surface area contributed by atoms with Crippen LogP contribution in [0.25, 0.3) is 22.3 Å². The summed E-state index contributed by atoms with van der Waals surface area (Å²) in [5.74, 6) is 1.85. The van der Waals surface area contributed by atoms with E-state index in [0.717, 1.165) is 48.2 Å². The molecule has 1 amide bonds. The Bertz CT molecular complexity index is 1090. The van der Waals surface area contributed by atoms with Crippen LogP contribution < -0.4 is 10.2 Å². The molecule has 0 saturated carbocycles. The summed E-state index contributed by atoms with van der Waals surface area (Å²) >= 11 is 0. The quantitative estimate of drug-likeness (QED) is 0.619. The molecule has 2 N–H and O–H groups in total. The van der Waals surface area contributed by atoms with Gasteiger partial charge in [0.2, 0.25) is 0 Å². The van der Waals surface area contributed by atoms with Crippen molar-refractivity contribution < 1.29 is 14.6 Å². The van der Waals surface area contributed by atoms with Gasteiger partial charge in [0.25, 0.3) is 0 Å². The van der Waals surface area contributed by atoms with Gasteiger partial charge in [-0.05, 0) is 55.5 Å². The SMILES string of the molecule is CCCOC(=O)NCC1CCN(c2nc(-c3ccccc3O)nc3cc(C)ccc23)C1. The number of alkyl carbamates (subject to hydrolysis) is 1. The highest BCUT2D eigenvalue weighted by molar-refractivity contribution is 5.92. The first-order chi connectivity index (χ1) is 15.0. The maximum Gasteiger partial charge on any atom is 0.407 e. The molecule has 1 aliphatic rings. The van der Waals surface area contributed by atoms with E-state index in [-0.39, 0.29) is 11.8 Å². The number of fused-ring (bicyclic) bond motifs is 1. The number of aromatic nitrogens is 2. The minimum absolute atomic E-state index is 0.162. The molecule has 162 valence electrons. The first-order valence-electron chi connectivity index (χ1n) is 10.8. The maximum absolute atomic E-state index is 11.8. The molecule has 3 aromatic rings. The number of rotatable bonds is 6. The molecular formula is C24H28N4O3. The molecule has 1 aromatic heterocycles. The van der Waals surface area contributed by atoms with Crippen LogP contribution in [0.1, 0.15) is 25.3 Å². The van der Waals surface area contributed by atoms with Crippen LogP contribution in [0.5, 0.6) is 5.75 Å². The standard InChI is InChI=1S/C24H28N4O3/c1-3-12-31-24(30)25-14-17-10-11-28(15-17)23-18-9-8-16(2)13-20(18)26-22(27-23)19-6-4-5-7-21(19)29/h4-9,13,17,29H,3,10-12,14-15H2,1-2H3,(H,25,30). The van der Waals surface area contributed by atoms with E-state index in [0.29, 0.717) is 30.5 Å². The van der Waals surface area contributed by atoms with Gasteiger partial charge in [-0.25, -0.2) is 14.8 Å². The molecule has 2 heterocycles. The van der Waals surface area contributed by atoms with Gasteiger partial charge in [0, 0.05) is 25.0 Å². The molecule has 1 unspecified atom stereocenters. The first kappa shape index (κ1) is 20.9. The summed E-state index contributed by atoms with van der Waals surface area (Å²) in [7, 11) is 0. The summed E-state index contributed by atoms with van der Waals surface area (Å²) < 4.78 is 5.10. The maximum atomic E-state index is 11.8. The van der Waals surface area contributed by atoms with E-state index in [1.54, 1.807) is 12.1 Å². The van der Waals surface area contributed by atoms with Crippen LogP contribution in [0.2, 0.25) is 0 Å². The number of ether oxygens (including phenoxy) is 1. The highest BCUT2D eigenvalue weighted by atomic mass is 16.5. The average molecular weight is 421 g/mol. The molecule has 4 rings (SSSR count). The van der Waals surface area contributed by atoms with E-state index < -0.39 is 0 Å². The number of benzene rings is 2. The Morgan fingerprint density at radius 1 is 1.26 bits per heavy atom. The summed E-state index contributed by atoms with van der Waals surface area (Å²) in [5, 5.41) is 14.2. The molecule has 0 aliphatic carbocycles. The number of hydrogen-bond acceptors (Lipinski definition) is 6. The topological polar surface area (TPSA) is 87.6 Å². The zero-order valence-electron chi connectivity index (χ0n) is 18.0. The smallest absolute Gasteiger partial charge is 0.407 e. The van der Waals surface area contributed by atoms with Crippen LogP contribution in [-0.4, -0.2) is 47.4 Å². The van der Waals surface area contributed by atoms with E-state index in [4.69, 9.17) is 14.7 Å². The third kappa shape index (κ3) is 4.71. The summed E-state index contributed by atoms with van der Waals surface area (Å²) in [4.78, 5) is 23.6. The number of anilines is 1. The van der Waals surface area contributed by atoms with E-state index in [1.165, 1.54) is 0 Å². The van der Waals surface area contributed by atoms with Crippen LogP contribution in [0.3, 0.4) is 0 Å². The Labute approximate surface area is 182 Å². The number of hydrogen-bond donors (Lipinski definition) is 2. The van der Waals surface area contributed by atoms with Gasteiger partial charge in [-0.2, -0.15) is 0 Å². The van der Waals surface area contributed by atoms with Crippen molar-refractivity contribution >= 4 is 22.8 Å². The minimum atomic E-state index is -0.356. The molecule has 7 heteroatoms. The molecule has 7 nitrogen and oxygen atoms in total. The Morgan fingerprint density at radius 3 is 2.90 bits per heavy atom. The lowest BCUT2D eigenvalue weighted by molar-refractivity contribution is 0.145. The molecule has 1 fully saturated rings. The molecule has 1 saturated heterocycles. The Kier molecular flexibility index (Phi) is 6.21. The van der Waals surface area contributed by atoms with Gasteiger partial charge in [-0.3, -0.25) is 0 Å². The third-order valence-electron chi connectivity index (χ3n) is 5.53. The second-order valence-electron chi connectivity index (χ2n) is 8.03. The lowest BCUT2D eigenvalue weighted by Gasteiger charge is -2.21. The van der Waals surface area contributed by atoms with Crippen molar-refractivity contribution in [1.29, 1.82) is 0 Å². The first-order valence-corrected chi connectivity index (χ1v) is 10.8. The second-order valence-corrected chi connectivity index (χ2v) is 8.03. The number of phenols is 1. The monoisotopic (exact) mass is 420 g/mol.